The maximum Gasteiger partial charge on any atom is 0.305 e. The average Bonchev–Trinajstić information content (AvgIpc) is 2.16. The molecule has 0 aromatic rings. The number of hydrogen-bond donors (Lipinski definition) is 2. The molecule has 1 amide bonds. The van der Waals surface area contributed by atoms with Crippen LogP contribution >= 0.6 is 0 Å². The van der Waals surface area contributed by atoms with Gasteiger partial charge in [-0.25, -0.2) is 0 Å². The summed E-state index contributed by atoms with van der Waals surface area (Å²) in [6, 6.07) is -1.05. The first-order valence-corrected chi connectivity index (χ1v) is 4.15. The molecule has 0 spiro atoms. The van der Waals surface area contributed by atoms with E-state index in [9.17, 15) is 14.4 Å². The quantitative estimate of drug-likeness (QED) is 0.559. The van der Waals surface area contributed by atoms with Crippen molar-refractivity contribution in [2.24, 2.45) is 5.73 Å². The number of rotatable bonds is 6. The summed E-state index contributed by atoms with van der Waals surface area (Å²) in [5.74, 6) is -1.61. The first kappa shape index (κ1) is 12.6. The molecule has 3 N–H and O–H groups in total. The van der Waals surface area contributed by atoms with Gasteiger partial charge < -0.3 is 15.7 Å². The van der Waals surface area contributed by atoms with Crippen molar-refractivity contribution in [3.05, 3.63) is 0 Å². The van der Waals surface area contributed by atoms with Crippen molar-refractivity contribution in [3.63, 3.8) is 0 Å². The minimum atomic E-state index is -1.15. The Labute approximate surface area is 81.7 Å². The van der Waals surface area contributed by atoms with Gasteiger partial charge in [-0.05, 0) is 6.92 Å². The van der Waals surface area contributed by atoms with E-state index >= 15 is 0 Å². The highest BCUT2D eigenvalue weighted by Gasteiger charge is 2.23. The summed E-state index contributed by atoms with van der Waals surface area (Å²) in [6.07, 6.45) is 1.08. The molecule has 0 saturated heterocycles. The highest BCUT2D eigenvalue weighted by atomic mass is 16.4. The van der Waals surface area contributed by atoms with Crippen LogP contribution in [-0.4, -0.2) is 47.3 Å². The number of likely N-dealkylation sites (N-methyl/N-ethyl adjacent to an activating group) is 1. The Balaban J connectivity index is 4.51. The molecule has 0 aliphatic carbocycles. The van der Waals surface area contributed by atoms with Gasteiger partial charge in [0.2, 0.25) is 12.2 Å². The smallest absolute Gasteiger partial charge is 0.305 e. The van der Waals surface area contributed by atoms with Crippen molar-refractivity contribution in [1.29, 1.82) is 0 Å². The summed E-state index contributed by atoms with van der Waals surface area (Å²) in [6.45, 7) is 1.63. The maximum absolute atomic E-state index is 11.2. The number of carboxylic acid groups (broad SMARTS) is 1. The molecule has 0 rings (SSSR count). The Morgan fingerprint density at radius 3 is 2.43 bits per heavy atom. The molecule has 0 saturated carbocycles. The third-order valence-corrected chi connectivity index (χ3v) is 1.72. The van der Waals surface area contributed by atoms with Crippen LogP contribution < -0.4 is 5.73 Å². The molecule has 0 aliphatic heterocycles. The monoisotopic (exact) mass is 201 g/mol. The van der Waals surface area contributed by atoms with E-state index in [0.29, 0.717) is 0 Å². The van der Waals surface area contributed by atoms with E-state index in [-0.39, 0.29) is 13.1 Å². The van der Waals surface area contributed by atoms with Crippen molar-refractivity contribution in [1.82, 2.24) is 4.90 Å². The molecule has 79 valence electrons. The van der Waals surface area contributed by atoms with Crippen LogP contribution in [0.2, 0.25) is 0 Å². The fourth-order valence-electron chi connectivity index (χ4n) is 1.07. The van der Waals surface area contributed by atoms with Gasteiger partial charge in [-0.3, -0.25) is 14.4 Å². The van der Waals surface area contributed by atoms with Crippen LogP contribution in [0.1, 0.15) is 13.3 Å². The van der Waals surface area contributed by atoms with E-state index in [1.165, 1.54) is 6.29 Å². The van der Waals surface area contributed by atoms with Gasteiger partial charge in [0.05, 0.1) is 13.0 Å². The largest absolute Gasteiger partial charge is 0.481 e. The average molecular weight is 201 g/mol. The topological polar surface area (TPSA) is 101 Å². The number of nitrogens with zero attached hydrogens (tertiary/aromatic N) is 1. The van der Waals surface area contributed by atoms with Crippen molar-refractivity contribution in [3.8, 4) is 0 Å². The predicted octanol–water partition coefficient (Wildman–Crippen LogP) is -1.25. The Hall–Kier alpha value is -1.43. The standard InChI is InChI=1S/C8H13N2O4/c1-2-10(7(12)4-9)6(5-11)3-8(13)14/h6H,2-4,9H2,1H3,(H,13,14)/t6-/m0/s1. The van der Waals surface area contributed by atoms with Crippen molar-refractivity contribution < 1.29 is 19.5 Å². The number of amides is 1. The van der Waals surface area contributed by atoms with Gasteiger partial charge in [0, 0.05) is 6.54 Å². The molecule has 0 aromatic carbocycles. The molecule has 0 aliphatic rings. The molecule has 0 fully saturated rings. The molecular weight excluding hydrogens is 188 g/mol. The van der Waals surface area contributed by atoms with E-state index in [2.05, 4.69) is 0 Å². The third kappa shape index (κ3) is 3.53. The van der Waals surface area contributed by atoms with Gasteiger partial charge in [0.1, 0.15) is 6.04 Å². The molecule has 0 heterocycles. The normalized spacial score (nSPS) is 11.9. The first-order chi connectivity index (χ1) is 6.56. The minimum Gasteiger partial charge on any atom is -0.481 e. The Bertz CT molecular complexity index is 229. The van der Waals surface area contributed by atoms with Crippen molar-refractivity contribution in [2.75, 3.05) is 13.1 Å². The highest BCUT2D eigenvalue weighted by molar-refractivity contribution is 5.83. The zero-order valence-electron chi connectivity index (χ0n) is 7.90. The lowest BCUT2D eigenvalue weighted by atomic mass is 10.2. The van der Waals surface area contributed by atoms with E-state index in [1.54, 1.807) is 6.92 Å². The zero-order chi connectivity index (χ0) is 11.1. The lowest BCUT2D eigenvalue weighted by Crippen LogP contribution is -2.45. The molecular formula is C8H13N2O4. The number of carbonyl (C=O) groups is 2. The van der Waals surface area contributed by atoms with Crippen molar-refractivity contribution in [2.45, 2.75) is 19.4 Å². The molecule has 1 atom stereocenters. The summed E-state index contributed by atoms with van der Waals surface area (Å²) >= 11 is 0. The van der Waals surface area contributed by atoms with Gasteiger partial charge in [-0.15, -0.1) is 0 Å². The first-order valence-electron chi connectivity index (χ1n) is 4.15. The van der Waals surface area contributed by atoms with Crippen LogP contribution in [0.25, 0.3) is 0 Å². The Morgan fingerprint density at radius 2 is 2.14 bits per heavy atom. The zero-order valence-corrected chi connectivity index (χ0v) is 7.90. The summed E-state index contributed by atoms with van der Waals surface area (Å²) in [4.78, 5) is 33.0. The minimum absolute atomic E-state index is 0.239. The van der Waals surface area contributed by atoms with Gasteiger partial charge in [-0.1, -0.05) is 0 Å². The maximum atomic E-state index is 11.2. The summed E-state index contributed by atoms with van der Waals surface area (Å²) in [5.41, 5.74) is 5.10. The Kier molecular flexibility index (Phi) is 5.47. The number of hydrogen-bond acceptors (Lipinski definition) is 4. The van der Waals surface area contributed by atoms with Gasteiger partial charge in [0.15, 0.2) is 0 Å². The fourth-order valence-corrected chi connectivity index (χ4v) is 1.07. The lowest BCUT2D eigenvalue weighted by Gasteiger charge is -2.24. The van der Waals surface area contributed by atoms with Crippen molar-refractivity contribution >= 4 is 18.2 Å². The van der Waals surface area contributed by atoms with E-state index in [1.807, 2.05) is 0 Å². The number of nitrogens with two attached hydrogens (primary N) is 1. The summed E-state index contributed by atoms with van der Waals surface area (Å²) in [5, 5.41) is 8.47. The molecule has 6 nitrogen and oxygen atoms in total. The number of aliphatic carboxylic acids is 1. The molecule has 14 heavy (non-hydrogen) atoms. The predicted molar refractivity (Wildman–Crippen MR) is 48.2 cm³/mol. The van der Waals surface area contributed by atoms with Gasteiger partial charge in [-0.2, -0.15) is 0 Å². The van der Waals surface area contributed by atoms with Crippen LogP contribution in [-0.2, 0) is 14.4 Å². The van der Waals surface area contributed by atoms with Gasteiger partial charge in [0.25, 0.3) is 0 Å². The van der Waals surface area contributed by atoms with Crippen LogP contribution in [0.4, 0.5) is 0 Å². The third-order valence-electron chi connectivity index (χ3n) is 1.72. The van der Waals surface area contributed by atoms with Crippen LogP contribution in [0.3, 0.4) is 0 Å². The van der Waals surface area contributed by atoms with E-state index in [4.69, 9.17) is 10.8 Å². The highest BCUT2D eigenvalue weighted by Crippen LogP contribution is 2.02. The molecule has 0 unspecified atom stereocenters. The number of carboxylic acids is 1. The molecule has 6 heteroatoms. The summed E-state index contributed by atoms with van der Waals surface area (Å²) in [7, 11) is 0. The fraction of sp³-hybridized carbons (Fsp3) is 0.625. The van der Waals surface area contributed by atoms with Crippen LogP contribution in [0.15, 0.2) is 0 Å². The summed E-state index contributed by atoms with van der Waals surface area (Å²) < 4.78 is 0. The SMILES string of the molecule is CCN(C(=O)CN)[C@H]([C]=O)CC(=O)O. The second kappa shape index (κ2) is 6.09. The lowest BCUT2D eigenvalue weighted by molar-refractivity contribution is -0.139. The second-order valence-corrected chi connectivity index (χ2v) is 2.62. The van der Waals surface area contributed by atoms with Gasteiger partial charge >= 0.3 is 5.97 Å². The molecule has 0 aromatic heterocycles. The van der Waals surface area contributed by atoms with Crippen LogP contribution in [0, 0.1) is 0 Å². The Morgan fingerprint density at radius 1 is 1.57 bits per heavy atom. The molecule has 1 radical (unpaired) electrons. The van der Waals surface area contributed by atoms with E-state index < -0.39 is 24.3 Å². The van der Waals surface area contributed by atoms with E-state index in [0.717, 1.165) is 4.90 Å². The number of carbonyl (C=O) groups excluding carboxylic acids is 2. The molecule has 0 bridgehead atoms. The second-order valence-electron chi connectivity index (χ2n) is 2.62. The van der Waals surface area contributed by atoms with Crippen LogP contribution in [0.5, 0.6) is 0 Å².